The summed E-state index contributed by atoms with van der Waals surface area (Å²) in [6.45, 7) is 0. The first-order valence-electron chi connectivity index (χ1n) is 7.38. The smallest absolute Gasteiger partial charge is 0.280 e. The summed E-state index contributed by atoms with van der Waals surface area (Å²) in [5, 5.41) is 4.81. The molecular weight excluding hydrogens is 342 g/mol. The second-order valence-corrected chi connectivity index (χ2v) is 6.79. The van der Waals surface area contributed by atoms with Crippen LogP contribution in [0.4, 0.5) is 0 Å². The number of nitrogens with zero attached hydrogens (tertiary/aromatic N) is 1. The van der Waals surface area contributed by atoms with Crippen molar-refractivity contribution in [2.75, 3.05) is 14.2 Å². The molecule has 0 spiro atoms. The Bertz CT molecular complexity index is 1030. The number of methoxy groups -OCH3 is 2. The molecule has 0 saturated carbocycles. The first-order valence-corrected chi connectivity index (χ1v) is 8.86. The van der Waals surface area contributed by atoms with Crippen molar-refractivity contribution >= 4 is 27.1 Å². The monoisotopic (exact) mass is 359 g/mol. The summed E-state index contributed by atoms with van der Waals surface area (Å²) < 4.78 is 35.2. The van der Waals surface area contributed by atoms with Crippen molar-refractivity contribution in [3.63, 3.8) is 0 Å². The number of benzene rings is 2. The molecule has 8 heteroatoms. The van der Waals surface area contributed by atoms with E-state index in [0.29, 0.717) is 5.75 Å². The molecule has 0 aliphatic rings. The van der Waals surface area contributed by atoms with Gasteiger partial charge in [-0.15, -0.1) is 0 Å². The van der Waals surface area contributed by atoms with E-state index in [1.54, 1.807) is 12.3 Å². The van der Waals surface area contributed by atoms with Gasteiger partial charge in [-0.25, -0.2) is 0 Å². The molecule has 25 heavy (non-hydrogen) atoms. The maximum absolute atomic E-state index is 12.5. The van der Waals surface area contributed by atoms with Gasteiger partial charge in [0.1, 0.15) is 16.4 Å². The van der Waals surface area contributed by atoms with Crippen LogP contribution in [0.3, 0.4) is 0 Å². The molecule has 0 aliphatic heterocycles. The first-order chi connectivity index (χ1) is 12.0. The zero-order valence-corrected chi connectivity index (χ0v) is 14.5. The van der Waals surface area contributed by atoms with Crippen molar-refractivity contribution in [2.45, 2.75) is 4.90 Å². The van der Waals surface area contributed by atoms with Crippen molar-refractivity contribution < 1.29 is 17.9 Å². The topological polar surface area (TPSA) is 92.8 Å². The van der Waals surface area contributed by atoms with Crippen LogP contribution in [0.15, 0.2) is 58.7 Å². The number of hydrogen-bond donors (Lipinski definition) is 2. The van der Waals surface area contributed by atoms with E-state index in [2.05, 4.69) is 14.9 Å². The molecule has 0 aliphatic carbocycles. The van der Waals surface area contributed by atoms with Gasteiger partial charge in [0, 0.05) is 28.7 Å². The minimum absolute atomic E-state index is 0.0505. The van der Waals surface area contributed by atoms with Gasteiger partial charge in [-0.3, -0.25) is 0 Å². The Labute approximate surface area is 145 Å². The third kappa shape index (κ3) is 3.43. The lowest BCUT2D eigenvalue weighted by Crippen LogP contribution is -2.19. The highest BCUT2D eigenvalue weighted by Gasteiger charge is 2.20. The van der Waals surface area contributed by atoms with E-state index in [4.69, 9.17) is 9.47 Å². The summed E-state index contributed by atoms with van der Waals surface area (Å²) in [7, 11) is -1.05. The predicted molar refractivity (Wildman–Crippen MR) is 95.8 cm³/mol. The number of rotatable bonds is 6. The Morgan fingerprint density at radius 3 is 2.68 bits per heavy atom. The second kappa shape index (κ2) is 6.86. The van der Waals surface area contributed by atoms with Crippen molar-refractivity contribution in [3.05, 3.63) is 54.2 Å². The number of aromatic amines is 1. The van der Waals surface area contributed by atoms with Crippen molar-refractivity contribution in [3.8, 4) is 11.5 Å². The number of H-pyrrole nitrogens is 1. The van der Waals surface area contributed by atoms with Crippen LogP contribution in [0.2, 0.25) is 0 Å². The number of para-hydroxylation sites is 1. The van der Waals surface area contributed by atoms with Crippen LogP contribution in [0, 0.1) is 0 Å². The van der Waals surface area contributed by atoms with Gasteiger partial charge in [-0.1, -0.05) is 18.2 Å². The summed E-state index contributed by atoms with van der Waals surface area (Å²) >= 11 is 0. The van der Waals surface area contributed by atoms with Crippen molar-refractivity contribution in [1.29, 1.82) is 0 Å². The molecule has 0 amide bonds. The highest BCUT2D eigenvalue weighted by atomic mass is 32.2. The molecule has 2 aromatic carbocycles. The van der Waals surface area contributed by atoms with E-state index in [9.17, 15) is 8.42 Å². The van der Waals surface area contributed by atoms with E-state index >= 15 is 0 Å². The number of aromatic nitrogens is 1. The van der Waals surface area contributed by atoms with Crippen LogP contribution in [-0.4, -0.2) is 33.8 Å². The average Bonchev–Trinajstić information content (AvgIpc) is 3.04. The van der Waals surface area contributed by atoms with Crippen LogP contribution in [0.1, 0.15) is 5.56 Å². The molecule has 0 bridgehead atoms. The third-order valence-corrected chi connectivity index (χ3v) is 4.90. The average molecular weight is 359 g/mol. The van der Waals surface area contributed by atoms with E-state index in [-0.39, 0.29) is 10.6 Å². The molecule has 1 aromatic heterocycles. The van der Waals surface area contributed by atoms with E-state index in [1.807, 2.05) is 24.3 Å². The Balaban J connectivity index is 1.87. The molecule has 0 atom stereocenters. The Morgan fingerprint density at radius 2 is 1.92 bits per heavy atom. The van der Waals surface area contributed by atoms with E-state index in [1.165, 1.54) is 32.6 Å². The SMILES string of the molecule is COc1ccc(OC)c(S(=O)(=O)N/N=C/c2c[nH]c3ccccc23)c1. The Hall–Kier alpha value is -3.00. The van der Waals surface area contributed by atoms with Crippen LogP contribution >= 0.6 is 0 Å². The molecule has 0 saturated heterocycles. The molecule has 0 unspecified atom stereocenters. The van der Waals surface area contributed by atoms with E-state index < -0.39 is 10.0 Å². The molecule has 3 rings (SSSR count). The lowest BCUT2D eigenvalue weighted by Gasteiger charge is -2.10. The zero-order valence-electron chi connectivity index (χ0n) is 13.7. The fourth-order valence-electron chi connectivity index (χ4n) is 2.41. The van der Waals surface area contributed by atoms with Crippen molar-refractivity contribution in [2.24, 2.45) is 5.10 Å². The van der Waals surface area contributed by atoms with E-state index in [0.717, 1.165) is 16.5 Å². The third-order valence-electron chi connectivity index (χ3n) is 3.66. The number of nitrogens with one attached hydrogen (secondary N) is 2. The van der Waals surface area contributed by atoms with Gasteiger partial charge in [-0.2, -0.15) is 18.4 Å². The normalized spacial score (nSPS) is 11.8. The molecule has 7 nitrogen and oxygen atoms in total. The quantitative estimate of drug-likeness (QED) is 0.522. The molecule has 130 valence electrons. The minimum atomic E-state index is -3.91. The van der Waals surface area contributed by atoms with Gasteiger partial charge in [0.2, 0.25) is 0 Å². The standard InChI is InChI=1S/C17H17N3O4S/c1-23-13-7-8-16(24-2)17(9-13)25(21,22)20-19-11-12-10-18-15-6-4-3-5-14(12)15/h3-11,18,20H,1-2H3/b19-11+. The molecule has 0 radical (unpaired) electrons. The Morgan fingerprint density at radius 1 is 1.12 bits per heavy atom. The molecule has 0 fully saturated rings. The molecule has 1 heterocycles. The highest BCUT2D eigenvalue weighted by Crippen LogP contribution is 2.28. The maximum atomic E-state index is 12.5. The Kier molecular flexibility index (Phi) is 4.62. The predicted octanol–water partition coefficient (Wildman–Crippen LogP) is 2.50. The van der Waals surface area contributed by atoms with Gasteiger partial charge in [-0.05, 0) is 18.2 Å². The van der Waals surface area contributed by atoms with Crippen LogP contribution < -0.4 is 14.3 Å². The number of fused-ring (bicyclic) bond motifs is 1. The minimum Gasteiger partial charge on any atom is -0.497 e. The lowest BCUT2D eigenvalue weighted by molar-refractivity contribution is 0.392. The lowest BCUT2D eigenvalue weighted by atomic mass is 10.2. The van der Waals surface area contributed by atoms with Gasteiger partial charge in [0.15, 0.2) is 0 Å². The van der Waals surface area contributed by atoms with Gasteiger partial charge >= 0.3 is 0 Å². The number of ether oxygens (including phenoxy) is 2. The number of sulfonamides is 1. The summed E-state index contributed by atoms with van der Waals surface area (Å²) in [5.74, 6) is 0.609. The van der Waals surface area contributed by atoms with Crippen LogP contribution in [0.5, 0.6) is 11.5 Å². The van der Waals surface area contributed by atoms with Crippen LogP contribution in [-0.2, 0) is 10.0 Å². The summed E-state index contributed by atoms with van der Waals surface area (Å²) in [4.78, 5) is 5.24. The first kappa shape index (κ1) is 16.8. The largest absolute Gasteiger partial charge is 0.497 e. The number of hydrazone groups is 1. The van der Waals surface area contributed by atoms with Crippen LogP contribution in [0.25, 0.3) is 10.9 Å². The molecule has 3 aromatic rings. The zero-order chi connectivity index (χ0) is 17.9. The highest BCUT2D eigenvalue weighted by molar-refractivity contribution is 7.89. The fraction of sp³-hybridized carbons (Fsp3) is 0.118. The fourth-order valence-corrected chi connectivity index (χ4v) is 3.39. The van der Waals surface area contributed by atoms with Gasteiger partial charge < -0.3 is 14.5 Å². The second-order valence-electron chi connectivity index (χ2n) is 5.16. The van der Waals surface area contributed by atoms with Crippen molar-refractivity contribution in [1.82, 2.24) is 9.82 Å². The summed E-state index contributed by atoms with van der Waals surface area (Å²) in [6, 6.07) is 12.2. The van der Waals surface area contributed by atoms with Gasteiger partial charge in [0.25, 0.3) is 10.0 Å². The summed E-state index contributed by atoms with van der Waals surface area (Å²) in [5.41, 5.74) is 1.72. The summed E-state index contributed by atoms with van der Waals surface area (Å²) in [6.07, 6.45) is 3.21. The van der Waals surface area contributed by atoms with Gasteiger partial charge in [0.05, 0.1) is 20.4 Å². The number of hydrogen-bond acceptors (Lipinski definition) is 5. The molecule has 2 N–H and O–H groups in total. The maximum Gasteiger partial charge on any atom is 0.280 e. The molecular formula is C17H17N3O4S.